The predicted octanol–water partition coefficient (Wildman–Crippen LogP) is 2.41. The lowest BCUT2D eigenvalue weighted by Crippen LogP contribution is -2.39. The Morgan fingerprint density at radius 2 is 2.17 bits per heavy atom. The molecule has 2 aromatic rings. The van der Waals surface area contributed by atoms with Gasteiger partial charge in [0.15, 0.2) is 6.10 Å². The van der Waals surface area contributed by atoms with E-state index in [-0.39, 0.29) is 18.3 Å². The van der Waals surface area contributed by atoms with E-state index in [1.165, 1.54) is 24.3 Å². The van der Waals surface area contributed by atoms with Crippen LogP contribution in [0.1, 0.15) is 11.4 Å². The molecule has 1 unspecified atom stereocenters. The number of rotatable bonds is 4. The van der Waals surface area contributed by atoms with Gasteiger partial charge in [-0.25, -0.2) is 4.98 Å². The molecule has 128 valence electrons. The number of likely N-dealkylation sites (N-methyl/N-ethyl adjacent to an activating group) is 1. The lowest BCUT2D eigenvalue weighted by molar-refractivity contribution is -0.141. The molecule has 1 amide bonds. The molecular weight excluding hydrogens is 323 g/mol. The van der Waals surface area contributed by atoms with Crippen LogP contribution in [0.3, 0.4) is 0 Å². The molecule has 0 saturated heterocycles. The van der Waals surface area contributed by atoms with Gasteiger partial charge in [0.05, 0.1) is 6.54 Å². The number of alkyl halides is 3. The first-order chi connectivity index (χ1) is 11.3. The van der Waals surface area contributed by atoms with Gasteiger partial charge in [0.1, 0.15) is 18.1 Å². The van der Waals surface area contributed by atoms with Crippen LogP contribution in [-0.4, -0.2) is 39.7 Å². The average molecular weight is 339 g/mol. The third-order valence-electron chi connectivity index (χ3n) is 3.83. The van der Waals surface area contributed by atoms with Crippen LogP contribution in [0.4, 0.5) is 13.2 Å². The van der Waals surface area contributed by atoms with E-state index in [1.807, 2.05) is 18.2 Å². The highest BCUT2D eigenvalue weighted by molar-refractivity contribution is 5.82. The largest absolute Gasteiger partial charge is 0.480 e. The summed E-state index contributed by atoms with van der Waals surface area (Å²) in [5.74, 6) is 0.564. The van der Waals surface area contributed by atoms with Crippen molar-refractivity contribution in [2.24, 2.45) is 0 Å². The summed E-state index contributed by atoms with van der Waals surface area (Å²) in [4.78, 5) is 17.7. The second-order valence-electron chi connectivity index (χ2n) is 5.70. The van der Waals surface area contributed by atoms with Gasteiger partial charge in [-0.3, -0.25) is 4.79 Å². The van der Waals surface area contributed by atoms with Gasteiger partial charge >= 0.3 is 6.18 Å². The van der Waals surface area contributed by atoms with Crippen LogP contribution < -0.4 is 4.74 Å². The number of benzene rings is 1. The fourth-order valence-corrected chi connectivity index (χ4v) is 2.68. The standard InChI is InChI=1S/C16H16F3N3O2/c1-21(9-14-20-6-7-22(14)10-16(17,18)19)15(23)13-8-11-4-2-3-5-12(11)24-13/h2-7,13H,8-10H2,1H3. The fraction of sp³-hybridized carbons (Fsp3) is 0.375. The number of carbonyl (C=O) groups is 1. The Labute approximate surface area is 136 Å². The van der Waals surface area contributed by atoms with Gasteiger partial charge in [-0.05, 0) is 11.6 Å². The molecule has 1 aromatic carbocycles. The van der Waals surface area contributed by atoms with Crippen LogP contribution in [0.2, 0.25) is 0 Å². The number of hydrogen-bond acceptors (Lipinski definition) is 3. The molecule has 0 radical (unpaired) electrons. The van der Waals surface area contributed by atoms with Crippen LogP contribution in [0.15, 0.2) is 36.7 Å². The maximum absolute atomic E-state index is 12.5. The van der Waals surface area contributed by atoms with Gasteiger partial charge in [-0.15, -0.1) is 0 Å². The molecule has 3 rings (SSSR count). The van der Waals surface area contributed by atoms with Crippen LogP contribution in [-0.2, 0) is 24.3 Å². The fourth-order valence-electron chi connectivity index (χ4n) is 2.68. The minimum absolute atomic E-state index is 0.0158. The van der Waals surface area contributed by atoms with Gasteiger partial charge in [-0.1, -0.05) is 18.2 Å². The number of halogens is 3. The van der Waals surface area contributed by atoms with E-state index < -0.39 is 18.8 Å². The van der Waals surface area contributed by atoms with Crippen molar-refractivity contribution >= 4 is 5.91 Å². The summed E-state index contributed by atoms with van der Waals surface area (Å²) in [6.07, 6.45) is -1.99. The third kappa shape index (κ3) is 3.52. The predicted molar refractivity (Wildman–Crippen MR) is 79.3 cm³/mol. The zero-order chi connectivity index (χ0) is 17.3. The lowest BCUT2D eigenvalue weighted by atomic mass is 10.1. The van der Waals surface area contributed by atoms with Gasteiger partial charge in [0.25, 0.3) is 5.91 Å². The highest BCUT2D eigenvalue weighted by Gasteiger charge is 2.32. The Balaban J connectivity index is 1.65. The smallest absolute Gasteiger partial charge is 0.406 e. The minimum Gasteiger partial charge on any atom is -0.480 e. The molecule has 2 heterocycles. The van der Waals surface area contributed by atoms with Crippen LogP contribution in [0.25, 0.3) is 0 Å². The Bertz CT molecular complexity index is 717. The summed E-state index contributed by atoms with van der Waals surface area (Å²) >= 11 is 0. The maximum Gasteiger partial charge on any atom is 0.406 e. The van der Waals surface area contributed by atoms with E-state index in [9.17, 15) is 18.0 Å². The average Bonchev–Trinajstić information content (AvgIpc) is 3.11. The molecule has 0 aliphatic carbocycles. The number of amides is 1. The molecule has 1 aromatic heterocycles. The molecule has 0 fully saturated rings. The monoisotopic (exact) mass is 339 g/mol. The molecule has 0 spiro atoms. The number of carbonyl (C=O) groups excluding carboxylic acids is 1. The molecular formula is C16H16F3N3O2. The van der Waals surface area contributed by atoms with E-state index in [0.717, 1.165) is 10.1 Å². The van der Waals surface area contributed by atoms with Crippen molar-refractivity contribution in [1.82, 2.24) is 14.5 Å². The summed E-state index contributed by atoms with van der Waals surface area (Å²) < 4.78 is 44.2. The second kappa shape index (κ2) is 6.18. The number of fused-ring (bicyclic) bond motifs is 1. The number of imidazole rings is 1. The van der Waals surface area contributed by atoms with E-state index in [0.29, 0.717) is 12.2 Å². The molecule has 0 N–H and O–H groups in total. The normalized spacial score (nSPS) is 16.6. The summed E-state index contributed by atoms with van der Waals surface area (Å²) in [5.41, 5.74) is 0.947. The number of nitrogens with zero attached hydrogens (tertiary/aromatic N) is 3. The Morgan fingerprint density at radius 3 is 2.88 bits per heavy atom. The lowest BCUT2D eigenvalue weighted by Gasteiger charge is -2.21. The molecule has 1 aliphatic heterocycles. The summed E-state index contributed by atoms with van der Waals surface area (Å²) in [6, 6.07) is 7.37. The first-order valence-corrected chi connectivity index (χ1v) is 7.40. The maximum atomic E-state index is 12.5. The molecule has 1 aliphatic rings. The number of para-hydroxylation sites is 1. The van der Waals surface area contributed by atoms with Crippen molar-refractivity contribution in [2.45, 2.75) is 31.8 Å². The van der Waals surface area contributed by atoms with E-state index >= 15 is 0 Å². The quantitative estimate of drug-likeness (QED) is 0.859. The number of ether oxygens (including phenoxy) is 1. The first-order valence-electron chi connectivity index (χ1n) is 7.40. The van der Waals surface area contributed by atoms with Gasteiger partial charge in [-0.2, -0.15) is 13.2 Å². The molecule has 8 heteroatoms. The summed E-state index contributed by atoms with van der Waals surface area (Å²) in [6.45, 7) is -1.14. The van der Waals surface area contributed by atoms with Gasteiger partial charge < -0.3 is 14.2 Å². The highest BCUT2D eigenvalue weighted by atomic mass is 19.4. The number of aromatic nitrogens is 2. The highest BCUT2D eigenvalue weighted by Crippen LogP contribution is 2.29. The van der Waals surface area contributed by atoms with Crippen molar-refractivity contribution in [2.75, 3.05) is 7.05 Å². The Hall–Kier alpha value is -2.51. The zero-order valence-corrected chi connectivity index (χ0v) is 13.0. The van der Waals surface area contributed by atoms with Crippen molar-refractivity contribution in [3.63, 3.8) is 0 Å². The Morgan fingerprint density at radius 1 is 1.42 bits per heavy atom. The van der Waals surface area contributed by atoms with Crippen molar-refractivity contribution in [3.8, 4) is 5.75 Å². The van der Waals surface area contributed by atoms with Gasteiger partial charge in [0.2, 0.25) is 0 Å². The van der Waals surface area contributed by atoms with Crippen molar-refractivity contribution in [3.05, 3.63) is 48.0 Å². The van der Waals surface area contributed by atoms with Crippen LogP contribution >= 0.6 is 0 Å². The number of hydrogen-bond donors (Lipinski definition) is 0. The first kappa shape index (κ1) is 16.4. The van der Waals surface area contributed by atoms with Gasteiger partial charge in [0, 0.05) is 25.9 Å². The SMILES string of the molecule is CN(Cc1nccn1CC(F)(F)F)C(=O)C1Cc2ccccc2O1. The summed E-state index contributed by atoms with van der Waals surface area (Å²) in [5, 5.41) is 0. The zero-order valence-electron chi connectivity index (χ0n) is 13.0. The molecule has 24 heavy (non-hydrogen) atoms. The van der Waals surface area contributed by atoms with Crippen molar-refractivity contribution in [1.29, 1.82) is 0 Å². The van der Waals surface area contributed by atoms with Crippen LogP contribution in [0, 0.1) is 0 Å². The topological polar surface area (TPSA) is 47.4 Å². The molecule has 1 atom stereocenters. The van der Waals surface area contributed by atoms with E-state index in [4.69, 9.17) is 4.74 Å². The molecule has 0 bridgehead atoms. The van der Waals surface area contributed by atoms with E-state index in [1.54, 1.807) is 6.07 Å². The molecule has 0 saturated carbocycles. The van der Waals surface area contributed by atoms with Crippen molar-refractivity contribution < 1.29 is 22.7 Å². The van der Waals surface area contributed by atoms with Crippen LogP contribution in [0.5, 0.6) is 5.75 Å². The van der Waals surface area contributed by atoms with E-state index in [2.05, 4.69) is 4.98 Å². The minimum atomic E-state index is -4.34. The second-order valence-corrected chi connectivity index (χ2v) is 5.70. The third-order valence-corrected chi connectivity index (χ3v) is 3.83. The Kier molecular flexibility index (Phi) is 4.21. The molecule has 5 nitrogen and oxygen atoms in total. The summed E-state index contributed by atoms with van der Waals surface area (Å²) in [7, 11) is 1.53.